The van der Waals surface area contributed by atoms with Gasteiger partial charge in [-0.25, -0.2) is 0 Å². The van der Waals surface area contributed by atoms with Crippen LogP contribution in [0.2, 0.25) is 0 Å². The minimum Gasteiger partial charge on any atom is -0.313 e. The first kappa shape index (κ1) is 14.5. The lowest BCUT2D eigenvalue weighted by Crippen LogP contribution is -2.29. The van der Waals surface area contributed by atoms with Crippen molar-refractivity contribution in [2.45, 2.75) is 40.3 Å². The van der Waals surface area contributed by atoms with Crippen LogP contribution >= 0.6 is 0 Å². The van der Waals surface area contributed by atoms with Crippen LogP contribution in [-0.2, 0) is 19.5 Å². The van der Waals surface area contributed by atoms with Crippen molar-refractivity contribution < 1.29 is 0 Å². The fourth-order valence-corrected chi connectivity index (χ4v) is 3.37. The molecule has 3 nitrogen and oxygen atoms in total. The molecule has 0 radical (unpaired) electrons. The molecule has 0 saturated heterocycles. The van der Waals surface area contributed by atoms with Gasteiger partial charge in [0.1, 0.15) is 0 Å². The van der Waals surface area contributed by atoms with Crippen LogP contribution in [-0.4, -0.2) is 30.0 Å². The van der Waals surface area contributed by atoms with E-state index in [-0.39, 0.29) is 0 Å². The fraction of sp³-hybridized carbons (Fsp3) is 0.500. The van der Waals surface area contributed by atoms with E-state index in [0.717, 1.165) is 32.6 Å². The van der Waals surface area contributed by atoms with Crippen molar-refractivity contribution in [1.82, 2.24) is 15.2 Å². The van der Waals surface area contributed by atoms with E-state index in [4.69, 9.17) is 4.98 Å². The van der Waals surface area contributed by atoms with Gasteiger partial charge in [-0.2, -0.15) is 0 Å². The van der Waals surface area contributed by atoms with Crippen molar-refractivity contribution in [1.29, 1.82) is 0 Å². The third kappa shape index (κ3) is 2.68. The standard InChI is InChI=1S/C18H25N3/c1-5-19-10-15-14-9-12(2)8-13(3)18(14)20-17-6-7-21(4)11-16(15)17/h8-9,19H,5-7,10-11H2,1-4H3. The van der Waals surface area contributed by atoms with Gasteiger partial charge in [0.25, 0.3) is 0 Å². The zero-order chi connectivity index (χ0) is 15.0. The summed E-state index contributed by atoms with van der Waals surface area (Å²) in [6, 6.07) is 4.55. The molecule has 0 spiro atoms. The highest BCUT2D eigenvalue weighted by atomic mass is 15.1. The predicted molar refractivity (Wildman–Crippen MR) is 88.6 cm³/mol. The Bertz CT molecular complexity index is 676. The number of pyridine rings is 1. The van der Waals surface area contributed by atoms with Gasteiger partial charge in [-0.05, 0) is 50.2 Å². The smallest absolute Gasteiger partial charge is 0.0738 e. The van der Waals surface area contributed by atoms with E-state index in [1.54, 1.807) is 0 Å². The molecule has 1 N–H and O–H groups in total. The lowest BCUT2D eigenvalue weighted by Gasteiger charge is -2.28. The molecule has 2 heterocycles. The second-order valence-corrected chi connectivity index (χ2v) is 6.26. The molecular weight excluding hydrogens is 258 g/mol. The molecule has 2 aromatic rings. The van der Waals surface area contributed by atoms with Gasteiger partial charge < -0.3 is 10.2 Å². The molecule has 1 aromatic heterocycles. The van der Waals surface area contributed by atoms with Crippen LogP contribution in [0.15, 0.2) is 12.1 Å². The lowest BCUT2D eigenvalue weighted by molar-refractivity contribution is 0.309. The van der Waals surface area contributed by atoms with Gasteiger partial charge in [-0.1, -0.05) is 18.6 Å². The third-order valence-corrected chi connectivity index (χ3v) is 4.44. The average molecular weight is 283 g/mol. The molecule has 1 aliphatic rings. The van der Waals surface area contributed by atoms with Crippen molar-refractivity contribution in [2.24, 2.45) is 0 Å². The molecule has 1 aliphatic heterocycles. The van der Waals surface area contributed by atoms with E-state index in [2.05, 4.69) is 50.2 Å². The van der Waals surface area contributed by atoms with Crippen LogP contribution in [0.1, 0.15) is 34.9 Å². The number of rotatable bonds is 3. The molecule has 0 bridgehead atoms. The summed E-state index contributed by atoms with van der Waals surface area (Å²) in [6.07, 6.45) is 1.06. The molecular formula is C18H25N3. The lowest BCUT2D eigenvalue weighted by atomic mass is 9.93. The summed E-state index contributed by atoms with van der Waals surface area (Å²) in [4.78, 5) is 7.40. The maximum absolute atomic E-state index is 5.01. The number of nitrogens with zero attached hydrogens (tertiary/aromatic N) is 2. The Morgan fingerprint density at radius 1 is 1.29 bits per heavy atom. The molecule has 0 aliphatic carbocycles. The van der Waals surface area contributed by atoms with E-state index >= 15 is 0 Å². The van der Waals surface area contributed by atoms with E-state index in [9.17, 15) is 0 Å². The molecule has 0 amide bonds. The number of aromatic nitrogens is 1. The van der Waals surface area contributed by atoms with Crippen molar-refractivity contribution >= 4 is 10.9 Å². The van der Waals surface area contributed by atoms with Crippen LogP contribution in [0.4, 0.5) is 0 Å². The summed E-state index contributed by atoms with van der Waals surface area (Å²) in [5.74, 6) is 0. The number of fused-ring (bicyclic) bond motifs is 2. The summed E-state index contributed by atoms with van der Waals surface area (Å²) in [5, 5.41) is 4.85. The fourth-order valence-electron chi connectivity index (χ4n) is 3.37. The number of hydrogen-bond donors (Lipinski definition) is 1. The molecule has 21 heavy (non-hydrogen) atoms. The minimum absolute atomic E-state index is 0.939. The van der Waals surface area contributed by atoms with Crippen molar-refractivity contribution in [2.75, 3.05) is 20.1 Å². The quantitative estimate of drug-likeness (QED) is 0.938. The first-order valence-corrected chi connectivity index (χ1v) is 7.91. The Labute approximate surface area is 127 Å². The number of aryl methyl sites for hydroxylation is 2. The zero-order valence-electron chi connectivity index (χ0n) is 13.6. The van der Waals surface area contributed by atoms with E-state index in [1.165, 1.54) is 38.9 Å². The van der Waals surface area contributed by atoms with Gasteiger partial charge in [0.05, 0.1) is 5.52 Å². The topological polar surface area (TPSA) is 28.2 Å². The Kier molecular flexibility index (Phi) is 3.96. The normalized spacial score (nSPS) is 15.4. The monoisotopic (exact) mass is 283 g/mol. The van der Waals surface area contributed by atoms with E-state index in [0.29, 0.717) is 0 Å². The van der Waals surface area contributed by atoms with Gasteiger partial charge in [-0.15, -0.1) is 0 Å². The molecule has 0 atom stereocenters. The van der Waals surface area contributed by atoms with Crippen molar-refractivity contribution in [3.8, 4) is 0 Å². The number of hydrogen-bond acceptors (Lipinski definition) is 3. The van der Waals surface area contributed by atoms with E-state index < -0.39 is 0 Å². The van der Waals surface area contributed by atoms with Crippen LogP contribution < -0.4 is 5.32 Å². The van der Waals surface area contributed by atoms with Gasteiger partial charge in [0, 0.05) is 37.1 Å². The summed E-state index contributed by atoms with van der Waals surface area (Å²) in [5.41, 5.74) is 8.02. The first-order chi connectivity index (χ1) is 10.1. The average Bonchev–Trinajstić information content (AvgIpc) is 2.44. The zero-order valence-corrected chi connectivity index (χ0v) is 13.6. The molecule has 112 valence electrons. The highest BCUT2D eigenvalue weighted by Crippen LogP contribution is 2.30. The van der Waals surface area contributed by atoms with Gasteiger partial charge in [0.2, 0.25) is 0 Å². The highest BCUT2D eigenvalue weighted by molar-refractivity contribution is 5.87. The summed E-state index contributed by atoms with van der Waals surface area (Å²) >= 11 is 0. The Hall–Kier alpha value is -1.45. The third-order valence-electron chi connectivity index (χ3n) is 4.44. The molecule has 0 saturated carbocycles. The number of benzene rings is 1. The Morgan fingerprint density at radius 2 is 2.10 bits per heavy atom. The maximum atomic E-state index is 5.01. The van der Waals surface area contributed by atoms with Gasteiger partial charge in [-0.3, -0.25) is 4.98 Å². The second-order valence-electron chi connectivity index (χ2n) is 6.26. The number of nitrogens with one attached hydrogen (secondary N) is 1. The van der Waals surface area contributed by atoms with E-state index in [1.807, 2.05) is 0 Å². The molecule has 0 unspecified atom stereocenters. The first-order valence-electron chi connectivity index (χ1n) is 7.91. The number of likely N-dealkylation sites (N-methyl/N-ethyl adjacent to an activating group) is 1. The SMILES string of the molecule is CCNCc1c2c(nc3c(C)cc(C)cc13)CCN(C)C2. The molecule has 1 aromatic carbocycles. The molecule has 0 fully saturated rings. The second kappa shape index (κ2) is 5.74. The van der Waals surface area contributed by atoms with Crippen molar-refractivity contribution in [3.63, 3.8) is 0 Å². The van der Waals surface area contributed by atoms with Gasteiger partial charge >= 0.3 is 0 Å². The Balaban J connectivity index is 2.26. The minimum atomic E-state index is 0.939. The molecule has 3 rings (SSSR count). The van der Waals surface area contributed by atoms with Gasteiger partial charge in [0.15, 0.2) is 0 Å². The van der Waals surface area contributed by atoms with Crippen LogP contribution in [0.3, 0.4) is 0 Å². The van der Waals surface area contributed by atoms with Crippen LogP contribution in [0.5, 0.6) is 0 Å². The van der Waals surface area contributed by atoms with Crippen LogP contribution in [0, 0.1) is 13.8 Å². The predicted octanol–water partition coefficient (Wildman–Crippen LogP) is 2.95. The Morgan fingerprint density at radius 3 is 2.86 bits per heavy atom. The summed E-state index contributed by atoms with van der Waals surface area (Å²) in [7, 11) is 2.20. The van der Waals surface area contributed by atoms with Crippen LogP contribution in [0.25, 0.3) is 10.9 Å². The maximum Gasteiger partial charge on any atom is 0.0738 e. The summed E-state index contributed by atoms with van der Waals surface area (Å²) < 4.78 is 0. The summed E-state index contributed by atoms with van der Waals surface area (Å²) in [6.45, 7) is 10.6. The molecule has 3 heteroatoms. The largest absolute Gasteiger partial charge is 0.313 e. The highest BCUT2D eigenvalue weighted by Gasteiger charge is 2.21. The van der Waals surface area contributed by atoms with Crippen molar-refractivity contribution in [3.05, 3.63) is 40.1 Å².